The van der Waals surface area contributed by atoms with Gasteiger partial charge in [-0.05, 0) is 30.7 Å². The van der Waals surface area contributed by atoms with Gasteiger partial charge in [0.05, 0.1) is 13.4 Å². The van der Waals surface area contributed by atoms with Crippen molar-refractivity contribution in [3.05, 3.63) is 54.0 Å². The number of hydrogen-bond donors (Lipinski definition) is 1. The molecule has 2 aromatic rings. The monoisotopic (exact) mass is 398 g/mol. The summed E-state index contributed by atoms with van der Waals surface area (Å²) < 4.78 is 10.7. The van der Waals surface area contributed by atoms with Gasteiger partial charge in [-0.15, -0.1) is 0 Å². The molecule has 1 aliphatic rings. The van der Waals surface area contributed by atoms with Crippen molar-refractivity contribution in [2.24, 2.45) is 4.99 Å². The fraction of sp³-hybridized carbons (Fsp3) is 0.455. The van der Waals surface area contributed by atoms with E-state index in [1.165, 1.54) is 6.26 Å². The van der Waals surface area contributed by atoms with Crippen LogP contribution in [0.5, 0.6) is 5.75 Å². The zero-order chi connectivity index (χ0) is 20.6. The van der Waals surface area contributed by atoms with E-state index in [0.29, 0.717) is 25.4 Å². The van der Waals surface area contributed by atoms with E-state index in [2.05, 4.69) is 30.1 Å². The first kappa shape index (κ1) is 20.8. The lowest BCUT2D eigenvalue weighted by molar-refractivity contribution is 0.0657. The van der Waals surface area contributed by atoms with Gasteiger partial charge in [-0.3, -0.25) is 9.79 Å². The van der Waals surface area contributed by atoms with Gasteiger partial charge in [0.1, 0.15) is 5.75 Å². The van der Waals surface area contributed by atoms with E-state index in [1.54, 1.807) is 19.2 Å². The van der Waals surface area contributed by atoms with Crippen molar-refractivity contribution in [1.82, 2.24) is 15.1 Å². The molecule has 0 bridgehead atoms. The topological polar surface area (TPSA) is 70.3 Å². The van der Waals surface area contributed by atoms with Gasteiger partial charge in [-0.25, -0.2) is 0 Å². The van der Waals surface area contributed by atoms with Gasteiger partial charge < -0.3 is 24.3 Å². The molecular weight excluding hydrogens is 368 g/mol. The van der Waals surface area contributed by atoms with E-state index < -0.39 is 0 Å². The van der Waals surface area contributed by atoms with Crippen LogP contribution in [-0.2, 0) is 0 Å². The maximum Gasteiger partial charge on any atom is 0.289 e. The Morgan fingerprint density at radius 1 is 1.17 bits per heavy atom. The molecule has 7 nitrogen and oxygen atoms in total. The third-order valence-electron chi connectivity index (χ3n) is 5.12. The quantitative estimate of drug-likeness (QED) is 0.599. The summed E-state index contributed by atoms with van der Waals surface area (Å²) in [6, 6.07) is 11.5. The Morgan fingerprint density at radius 3 is 2.55 bits per heavy atom. The van der Waals surface area contributed by atoms with Crippen LogP contribution in [0, 0.1) is 0 Å². The maximum absolute atomic E-state index is 12.5. The smallest absolute Gasteiger partial charge is 0.289 e. The van der Waals surface area contributed by atoms with Gasteiger partial charge in [-0.1, -0.05) is 25.1 Å². The lowest BCUT2D eigenvalue weighted by Crippen LogP contribution is -2.53. The SMILES string of the molecule is CCNC(=NCC(C)c1ccccc1OC)N1CCN(C(=O)c2ccco2)CC1. The molecule has 1 N–H and O–H groups in total. The summed E-state index contributed by atoms with van der Waals surface area (Å²) in [4.78, 5) is 21.4. The first-order valence-corrected chi connectivity index (χ1v) is 10.1. The van der Waals surface area contributed by atoms with E-state index in [0.717, 1.165) is 36.9 Å². The second-order valence-electron chi connectivity index (χ2n) is 7.09. The highest BCUT2D eigenvalue weighted by atomic mass is 16.5. The third kappa shape index (κ3) is 5.10. The van der Waals surface area contributed by atoms with Crippen LogP contribution < -0.4 is 10.1 Å². The number of hydrogen-bond acceptors (Lipinski definition) is 4. The molecule has 0 aliphatic carbocycles. The van der Waals surface area contributed by atoms with E-state index in [-0.39, 0.29) is 11.8 Å². The molecule has 1 unspecified atom stereocenters. The molecule has 2 heterocycles. The number of aliphatic imine (C=N–C) groups is 1. The zero-order valence-electron chi connectivity index (χ0n) is 17.4. The predicted molar refractivity (Wildman–Crippen MR) is 114 cm³/mol. The average Bonchev–Trinajstić information content (AvgIpc) is 3.31. The van der Waals surface area contributed by atoms with Gasteiger partial charge in [-0.2, -0.15) is 0 Å². The number of furan rings is 1. The van der Waals surface area contributed by atoms with Gasteiger partial charge in [0.25, 0.3) is 5.91 Å². The highest BCUT2D eigenvalue weighted by Gasteiger charge is 2.25. The van der Waals surface area contributed by atoms with Crippen LogP contribution in [0.1, 0.15) is 35.9 Å². The first-order chi connectivity index (χ1) is 14.1. The summed E-state index contributed by atoms with van der Waals surface area (Å²) >= 11 is 0. The number of rotatable bonds is 6. The average molecular weight is 399 g/mol. The Labute approximate surface area is 172 Å². The van der Waals surface area contributed by atoms with Crippen molar-refractivity contribution in [3.8, 4) is 5.75 Å². The number of carbonyl (C=O) groups excluding carboxylic acids is 1. The summed E-state index contributed by atoms with van der Waals surface area (Å²) in [5, 5.41) is 3.38. The third-order valence-corrected chi connectivity index (χ3v) is 5.12. The molecule has 3 rings (SSSR count). The molecular formula is C22H30N4O3. The highest BCUT2D eigenvalue weighted by molar-refractivity contribution is 5.91. The molecule has 7 heteroatoms. The molecule has 0 radical (unpaired) electrons. The fourth-order valence-corrected chi connectivity index (χ4v) is 3.50. The van der Waals surface area contributed by atoms with Crippen molar-refractivity contribution in [1.29, 1.82) is 0 Å². The number of piperazine rings is 1. The van der Waals surface area contributed by atoms with E-state index >= 15 is 0 Å². The molecule has 0 spiro atoms. The molecule has 1 aromatic carbocycles. The van der Waals surface area contributed by atoms with Crippen molar-refractivity contribution in [3.63, 3.8) is 0 Å². The van der Waals surface area contributed by atoms with Crippen molar-refractivity contribution in [2.45, 2.75) is 19.8 Å². The lowest BCUT2D eigenvalue weighted by atomic mass is 10.0. The number of methoxy groups -OCH3 is 1. The molecule has 1 amide bonds. The van der Waals surface area contributed by atoms with Gasteiger partial charge >= 0.3 is 0 Å². The fourth-order valence-electron chi connectivity index (χ4n) is 3.50. The highest BCUT2D eigenvalue weighted by Crippen LogP contribution is 2.26. The summed E-state index contributed by atoms with van der Waals surface area (Å²) in [5.74, 6) is 2.36. The molecule has 1 fully saturated rings. The Bertz CT molecular complexity index is 811. The maximum atomic E-state index is 12.5. The number of carbonyl (C=O) groups is 1. The second kappa shape index (κ2) is 10.0. The van der Waals surface area contributed by atoms with Crippen LogP contribution in [0.15, 0.2) is 52.1 Å². The standard InChI is InChI=1S/C22H30N4O3/c1-4-23-22(24-16-17(2)18-8-5-6-9-19(18)28-3)26-13-11-25(12-14-26)21(27)20-10-7-15-29-20/h5-10,15,17H,4,11-14,16H2,1-3H3,(H,23,24). The number of amides is 1. The van der Waals surface area contributed by atoms with Crippen LogP contribution in [0.4, 0.5) is 0 Å². The molecule has 1 aliphatic heterocycles. The second-order valence-corrected chi connectivity index (χ2v) is 7.09. The normalized spacial score (nSPS) is 15.9. The number of ether oxygens (including phenoxy) is 1. The Hall–Kier alpha value is -2.96. The van der Waals surface area contributed by atoms with Crippen LogP contribution in [0.2, 0.25) is 0 Å². The van der Waals surface area contributed by atoms with E-state index in [4.69, 9.17) is 14.1 Å². The zero-order valence-corrected chi connectivity index (χ0v) is 17.4. The number of nitrogens with zero attached hydrogens (tertiary/aromatic N) is 3. The number of nitrogens with one attached hydrogen (secondary N) is 1. The van der Waals surface area contributed by atoms with Gasteiger partial charge in [0.15, 0.2) is 11.7 Å². The number of guanidine groups is 1. The van der Waals surface area contributed by atoms with Crippen molar-refractivity contribution < 1.29 is 13.9 Å². The molecule has 29 heavy (non-hydrogen) atoms. The number of benzene rings is 1. The van der Waals surface area contributed by atoms with Crippen LogP contribution in [0.25, 0.3) is 0 Å². The van der Waals surface area contributed by atoms with Crippen LogP contribution in [-0.4, -0.2) is 68.0 Å². The predicted octanol–water partition coefficient (Wildman–Crippen LogP) is 2.82. The van der Waals surface area contributed by atoms with E-state index in [1.807, 2.05) is 23.1 Å². The summed E-state index contributed by atoms with van der Waals surface area (Å²) in [6.07, 6.45) is 1.53. The Kier molecular flexibility index (Phi) is 7.16. The van der Waals surface area contributed by atoms with Gasteiger partial charge in [0.2, 0.25) is 0 Å². The van der Waals surface area contributed by atoms with Gasteiger partial charge in [0, 0.05) is 45.2 Å². The molecule has 156 valence electrons. The molecule has 0 saturated carbocycles. The minimum absolute atomic E-state index is 0.0543. The summed E-state index contributed by atoms with van der Waals surface area (Å²) in [6.45, 7) is 8.45. The molecule has 1 aromatic heterocycles. The Morgan fingerprint density at radius 2 is 1.90 bits per heavy atom. The van der Waals surface area contributed by atoms with E-state index in [9.17, 15) is 4.79 Å². The number of para-hydroxylation sites is 1. The molecule has 1 atom stereocenters. The minimum atomic E-state index is -0.0543. The Balaban J connectivity index is 1.61. The molecule has 1 saturated heterocycles. The van der Waals surface area contributed by atoms with Crippen LogP contribution >= 0.6 is 0 Å². The summed E-state index contributed by atoms with van der Waals surface area (Å²) in [7, 11) is 1.70. The van der Waals surface area contributed by atoms with Crippen molar-refractivity contribution in [2.75, 3.05) is 46.4 Å². The minimum Gasteiger partial charge on any atom is -0.496 e. The largest absolute Gasteiger partial charge is 0.496 e. The lowest BCUT2D eigenvalue weighted by Gasteiger charge is -2.36. The summed E-state index contributed by atoms with van der Waals surface area (Å²) in [5.41, 5.74) is 1.16. The van der Waals surface area contributed by atoms with Crippen molar-refractivity contribution >= 4 is 11.9 Å². The first-order valence-electron chi connectivity index (χ1n) is 10.1. The van der Waals surface area contributed by atoms with Crippen LogP contribution in [0.3, 0.4) is 0 Å².